The van der Waals surface area contributed by atoms with Crippen LogP contribution in [0.3, 0.4) is 0 Å². The number of benzene rings is 1. The summed E-state index contributed by atoms with van der Waals surface area (Å²) in [4.78, 5) is 4.59. The summed E-state index contributed by atoms with van der Waals surface area (Å²) in [5.74, 6) is 0.536. The fourth-order valence-electron chi connectivity index (χ4n) is 3.16. The van der Waals surface area contributed by atoms with E-state index >= 15 is 0 Å². The van der Waals surface area contributed by atoms with Gasteiger partial charge in [-0.3, -0.25) is 0 Å². The SMILES string of the molecule is Cn1c(C2CCCCC2)nc(-c2cc(F)cc(F)c2)c1N. The smallest absolute Gasteiger partial charge is 0.131 e. The minimum Gasteiger partial charge on any atom is -0.383 e. The molecule has 0 bridgehead atoms. The predicted molar refractivity (Wildman–Crippen MR) is 78.8 cm³/mol. The van der Waals surface area contributed by atoms with Crippen LogP contribution in [0.1, 0.15) is 43.8 Å². The fraction of sp³-hybridized carbons (Fsp3) is 0.438. The van der Waals surface area contributed by atoms with Gasteiger partial charge >= 0.3 is 0 Å². The maximum absolute atomic E-state index is 13.4. The molecule has 0 atom stereocenters. The predicted octanol–water partition coefficient (Wildman–Crippen LogP) is 4.00. The number of hydrogen-bond donors (Lipinski definition) is 1. The summed E-state index contributed by atoms with van der Waals surface area (Å²) in [6.07, 6.45) is 5.85. The molecule has 1 aliphatic rings. The summed E-state index contributed by atoms with van der Waals surface area (Å²) in [6.45, 7) is 0. The minimum absolute atomic E-state index is 0.387. The van der Waals surface area contributed by atoms with Crippen molar-refractivity contribution in [3.8, 4) is 11.3 Å². The van der Waals surface area contributed by atoms with Crippen LogP contribution >= 0.6 is 0 Å². The maximum atomic E-state index is 13.4. The molecule has 0 radical (unpaired) electrons. The van der Waals surface area contributed by atoms with E-state index in [0.717, 1.165) is 24.7 Å². The average molecular weight is 291 g/mol. The van der Waals surface area contributed by atoms with E-state index in [1.54, 1.807) is 0 Å². The number of rotatable bonds is 2. The zero-order chi connectivity index (χ0) is 15.0. The Hall–Kier alpha value is -1.91. The molecule has 1 aromatic heterocycles. The van der Waals surface area contributed by atoms with Gasteiger partial charge in [0.05, 0.1) is 0 Å². The number of nitrogens with zero attached hydrogens (tertiary/aromatic N) is 2. The Morgan fingerprint density at radius 2 is 1.71 bits per heavy atom. The van der Waals surface area contributed by atoms with E-state index in [1.807, 2.05) is 11.6 Å². The highest BCUT2D eigenvalue weighted by Gasteiger charge is 2.23. The van der Waals surface area contributed by atoms with Gasteiger partial charge in [-0.1, -0.05) is 19.3 Å². The van der Waals surface area contributed by atoms with E-state index in [0.29, 0.717) is 23.0 Å². The third-order valence-electron chi connectivity index (χ3n) is 4.28. The zero-order valence-corrected chi connectivity index (χ0v) is 12.1. The number of halogens is 2. The molecule has 0 amide bonds. The molecule has 1 aromatic carbocycles. The number of nitrogen functional groups attached to an aromatic ring is 1. The molecule has 1 heterocycles. The van der Waals surface area contributed by atoms with Gasteiger partial charge in [0.2, 0.25) is 0 Å². The van der Waals surface area contributed by atoms with Crippen molar-refractivity contribution >= 4 is 5.82 Å². The standard InChI is InChI=1S/C16H19F2N3/c1-21-15(19)14(11-7-12(17)9-13(18)8-11)20-16(21)10-5-3-2-4-6-10/h7-10H,2-6,19H2,1H3. The minimum atomic E-state index is -0.616. The molecule has 3 rings (SSSR count). The number of anilines is 1. The van der Waals surface area contributed by atoms with E-state index in [9.17, 15) is 8.78 Å². The number of aromatic nitrogens is 2. The highest BCUT2D eigenvalue weighted by molar-refractivity contribution is 5.71. The van der Waals surface area contributed by atoms with Crippen molar-refractivity contribution in [3.63, 3.8) is 0 Å². The van der Waals surface area contributed by atoms with Crippen molar-refractivity contribution in [2.24, 2.45) is 7.05 Å². The number of nitrogens with two attached hydrogens (primary N) is 1. The lowest BCUT2D eigenvalue weighted by molar-refractivity contribution is 0.422. The van der Waals surface area contributed by atoms with Crippen molar-refractivity contribution in [1.29, 1.82) is 0 Å². The first-order valence-corrected chi connectivity index (χ1v) is 7.35. The third kappa shape index (κ3) is 2.64. The Balaban J connectivity index is 2.03. The lowest BCUT2D eigenvalue weighted by Gasteiger charge is -2.21. The summed E-state index contributed by atoms with van der Waals surface area (Å²) in [6, 6.07) is 3.39. The lowest BCUT2D eigenvalue weighted by Crippen LogP contribution is -2.11. The van der Waals surface area contributed by atoms with Crippen LogP contribution in [0.25, 0.3) is 11.3 Å². The first-order chi connectivity index (χ1) is 10.1. The quantitative estimate of drug-likeness (QED) is 0.909. The summed E-state index contributed by atoms with van der Waals surface area (Å²) in [5.41, 5.74) is 6.96. The van der Waals surface area contributed by atoms with Crippen LogP contribution < -0.4 is 5.73 Å². The lowest BCUT2D eigenvalue weighted by atomic mass is 9.89. The highest BCUT2D eigenvalue weighted by atomic mass is 19.1. The molecule has 1 aliphatic carbocycles. The number of imidazole rings is 1. The molecule has 0 unspecified atom stereocenters. The molecular weight excluding hydrogens is 272 g/mol. The maximum Gasteiger partial charge on any atom is 0.131 e. The second-order valence-electron chi connectivity index (χ2n) is 5.76. The fourth-order valence-corrected chi connectivity index (χ4v) is 3.16. The Kier molecular flexibility index (Phi) is 3.66. The van der Waals surface area contributed by atoms with Crippen LogP contribution in [0, 0.1) is 11.6 Å². The molecule has 2 N–H and O–H groups in total. The molecule has 0 aliphatic heterocycles. The molecular formula is C16H19F2N3. The van der Waals surface area contributed by atoms with Crippen molar-refractivity contribution in [1.82, 2.24) is 9.55 Å². The van der Waals surface area contributed by atoms with E-state index in [2.05, 4.69) is 4.98 Å². The summed E-state index contributed by atoms with van der Waals surface area (Å²) in [7, 11) is 1.87. The Bertz CT molecular complexity index is 638. The van der Waals surface area contributed by atoms with Crippen LogP contribution in [0.2, 0.25) is 0 Å². The van der Waals surface area contributed by atoms with Gasteiger partial charge in [-0.2, -0.15) is 0 Å². The summed E-state index contributed by atoms with van der Waals surface area (Å²) < 4.78 is 28.6. The summed E-state index contributed by atoms with van der Waals surface area (Å²) >= 11 is 0. The second-order valence-corrected chi connectivity index (χ2v) is 5.76. The van der Waals surface area contributed by atoms with Crippen LogP contribution in [0.5, 0.6) is 0 Å². The normalized spacial score (nSPS) is 16.3. The van der Waals surface area contributed by atoms with Crippen molar-refractivity contribution < 1.29 is 8.78 Å². The molecule has 5 heteroatoms. The Morgan fingerprint density at radius 1 is 1.10 bits per heavy atom. The van der Waals surface area contributed by atoms with Crippen LogP contribution in [-0.4, -0.2) is 9.55 Å². The number of hydrogen-bond acceptors (Lipinski definition) is 2. The zero-order valence-electron chi connectivity index (χ0n) is 12.1. The van der Waals surface area contributed by atoms with E-state index in [4.69, 9.17) is 5.73 Å². The van der Waals surface area contributed by atoms with Gasteiger partial charge in [-0.15, -0.1) is 0 Å². The molecule has 1 saturated carbocycles. The van der Waals surface area contributed by atoms with E-state index < -0.39 is 11.6 Å². The Morgan fingerprint density at radius 3 is 2.33 bits per heavy atom. The van der Waals surface area contributed by atoms with Gasteiger partial charge in [0.15, 0.2) is 0 Å². The second kappa shape index (κ2) is 5.47. The van der Waals surface area contributed by atoms with Gasteiger partial charge in [-0.25, -0.2) is 13.8 Å². The van der Waals surface area contributed by atoms with E-state index in [1.165, 1.54) is 31.4 Å². The molecule has 3 nitrogen and oxygen atoms in total. The molecule has 112 valence electrons. The molecule has 2 aromatic rings. The topological polar surface area (TPSA) is 43.8 Å². The van der Waals surface area contributed by atoms with Crippen molar-refractivity contribution in [2.45, 2.75) is 38.0 Å². The van der Waals surface area contributed by atoms with Crippen molar-refractivity contribution in [3.05, 3.63) is 35.7 Å². The van der Waals surface area contributed by atoms with Gasteiger partial charge in [0, 0.05) is 24.6 Å². The van der Waals surface area contributed by atoms with Crippen molar-refractivity contribution in [2.75, 3.05) is 5.73 Å². The molecule has 0 spiro atoms. The first kappa shape index (κ1) is 14.0. The molecule has 0 saturated heterocycles. The largest absolute Gasteiger partial charge is 0.383 e. The van der Waals surface area contributed by atoms with E-state index in [-0.39, 0.29) is 0 Å². The first-order valence-electron chi connectivity index (χ1n) is 7.35. The van der Waals surface area contributed by atoms with Crippen LogP contribution in [0.15, 0.2) is 18.2 Å². The summed E-state index contributed by atoms with van der Waals surface area (Å²) in [5, 5.41) is 0. The average Bonchev–Trinajstić information content (AvgIpc) is 2.75. The van der Waals surface area contributed by atoms with Gasteiger partial charge in [0.1, 0.15) is 29.0 Å². The Labute approximate surface area is 122 Å². The monoisotopic (exact) mass is 291 g/mol. The van der Waals surface area contributed by atoms with Gasteiger partial charge in [-0.05, 0) is 25.0 Å². The third-order valence-corrected chi connectivity index (χ3v) is 4.28. The van der Waals surface area contributed by atoms with Crippen LogP contribution in [0.4, 0.5) is 14.6 Å². The molecule has 1 fully saturated rings. The van der Waals surface area contributed by atoms with Gasteiger partial charge < -0.3 is 10.3 Å². The highest BCUT2D eigenvalue weighted by Crippen LogP contribution is 2.36. The van der Waals surface area contributed by atoms with Gasteiger partial charge in [0.25, 0.3) is 0 Å². The van der Waals surface area contributed by atoms with Crippen LogP contribution in [-0.2, 0) is 7.05 Å². The molecule has 21 heavy (non-hydrogen) atoms.